The topological polar surface area (TPSA) is 122 Å². The average molecular weight is 363 g/mol. The Labute approximate surface area is 152 Å². The Bertz CT molecular complexity index is 623. The maximum absolute atomic E-state index is 12.7. The minimum absolute atomic E-state index is 0.0892. The third-order valence-corrected chi connectivity index (χ3v) is 4.32. The van der Waals surface area contributed by atoms with Crippen LogP contribution in [0.15, 0.2) is 30.3 Å². The monoisotopic (exact) mass is 363 g/mol. The molecule has 142 valence electrons. The lowest BCUT2D eigenvalue weighted by molar-refractivity contribution is -0.149. The summed E-state index contributed by atoms with van der Waals surface area (Å²) >= 11 is 0. The van der Waals surface area contributed by atoms with E-state index in [2.05, 4.69) is 5.32 Å². The van der Waals surface area contributed by atoms with Crippen LogP contribution in [-0.4, -0.2) is 53.1 Å². The average Bonchev–Trinajstić information content (AvgIpc) is 3.14. The van der Waals surface area contributed by atoms with Crippen LogP contribution in [0.1, 0.15) is 31.2 Å². The number of amides is 2. The first-order valence-corrected chi connectivity index (χ1v) is 8.73. The number of ether oxygens (including phenoxy) is 1. The molecular formula is C18H25N3O5. The molecule has 0 spiro atoms. The van der Waals surface area contributed by atoms with Crippen LogP contribution in [0, 0.1) is 0 Å². The number of likely N-dealkylation sites (tertiary alicyclic amines) is 1. The fraction of sp³-hybridized carbons (Fsp3) is 0.500. The number of hydrogen-bond acceptors (Lipinski definition) is 5. The second kappa shape index (κ2) is 9.76. The lowest BCUT2D eigenvalue weighted by Crippen LogP contribution is -2.51. The maximum Gasteiger partial charge on any atom is 0.408 e. The van der Waals surface area contributed by atoms with Gasteiger partial charge in [0.2, 0.25) is 5.91 Å². The molecule has 8 nitrogen and oxygen atoms in total. The first-order valence-electron chi connectivity index (χ1n) is 8.73. The Balaban J connectivity index is 1.96. The van der Waals surface area contributed by atoms with Gasteiger partial charge in [-0.3, -0.25) is 4.79 Å². The summed E-state index contributed by atoms with van der Waals surface area (Å²) in [6, 6.07) is 7.50. The Morgan fingerprint density at radius 3 is 2.69 bits per heavy atom. The second-order valence-corrected chi connectivity index (χ2v) is 6.22. The fourth-order valence-corrected chi connectivity index (χ4v) is 2.97. The zero-order valence-electron chi connectivity index (χ0n) is 14.6. The highest BCUT2D eigenvalue weighted by Crippen LogP contribution is 2.19. The molecule has 1 aromatic carbocycles. The predicted molar refractivity (Wildman–Crippen MR) is 94.2 cm³/mol. The van der Waals surface area contributed by atoms with Gasteiger partial charge >= 0.3 is 12.1 Å². The minimum atomic E-state index is -1.03. The summed E-state index contributed by atoms with van der Waals surface area (Å²) in [5.74, 6) is -1.43. The molecule has 0 aromatic heterocycles. The molecule has 1 aromatic rings. The van der Waals surface area contributed by atoms with Gasteiger partial charge in [-0.2, -0.15) is 0 Å². The van der Waals surface area contributed by atoms with E-state index in [-0.39, 0.29) is 6.61 Å². The van der Waals surface area contributed by atoms with Crippen molar-refractivity contribution in [2.45, 2.75) is 44.4 Å². The van der Waals surface area contributed by atoms with Crippen LogP contribution in [0.25, 0.3) is 0 Å². The van der Waals surface area contributed by atoms with E-state index in [9.17, 15) is 19.5 Å². The Morgan fingerprint density at radius 2 is 2.04 bits per heavy atom. The number of carboxylic acids is 1. The van der Waals surface area contributed by atoms with Gasteiger partial charge in [-0.1, -0.05) is 30.3 Å². The van der Waals surface area contributed by atoms with Crippen molar-refractivity contribution < 1.29 is 24.2 Å². The van der Waals surface area contributed by atoms with Gasteiger partial charge in [0.05, 0.1) is 0 Å². The molecule has 1 saturated heterocycles. The van der Waals surface area contributed by atoms with Crippen LogP contribution >= 0.6 is 0 Å². The lowest BCUT2D eigenvalue weighted by atomic mass is 10.1. The summed E-state index contributed by atoms with van der Waals surface area (Å²) in [5, 5.41) is 11.8. The Morgan fingerprint density at radius 1 is 1.31 bits per heavy atom. The third-order valence-electron chi connectivity index (χ3n) is 4.32. The van der Waals surface area contributed by atoms with E-state index in [1.165, 1.54) is 4.90 Å². The van der Waals surface area contributed by atoms with Gasteiger partial charge in [0, 0.05) is 6.54 Å². The number of rotatable bonds is 8. The summed E-state index contributed by atoms with van der Waals surface area (Å²) < 4.78 is 5.16. The molecule has 0 bridgehead atoms. The van der Waals surface area contributed by atoms with E-state index in [0.717, 1.165) is 5.56 Å². The first-order chi connectivity index (χ1) is 12.5. The van der Waals surface area contributed by atoms with Crippen molar-refractivity contribution in [3.05, 3.63) is 35.9 Å². The number of carboxylic acid groups (broad SMARTS) is 1. The van der Waals surface area contributed by atoms with Crippen molar-refractivity contribution in [2.75, 3.05) is 13.1 Å². The predicted octanol–water partition coefficient (Wildman–Crippen LogP) is 1.10. The molecule has 1 aliphatic heterocycles. The SMILES string of the molecule is NCCCC(NC(=O)OCc1ccccc1)C(=O)N1CCCC1C(=O)O. The number of nitrogens with one attached hydrogen (secondary N) is 1. The molecule has 1 aliphatic rings. The number of carbonyl (C=O) groups is 3. The summed E-state index contributed by atoms with van der Waals surface area (Å²) in [6.45, 7) is 0.828. The molecule has 1 fully saturated rings. The third kappa shape index (κ3) is 5.45. The van der Waals surface area contributed by atoms with Crippen molar-refractivity contribution in [1.82, 2.24) is 10.2 Å². The van der Waals surface area contributed by atoms with Gasteiger partial charge in [0.25, 0.3) is 0 Å². The normalized spacial score (nSPS) is 17.6. The maximum atomic E-state index is 12.7. The molecule has 26 heavy (non-hydrogen) atoms. The molecule has 2 unspecified atom stereocenters. The van der Waals surface area contributed by atoms with Crippen molar-refractivity contribution >= 4 is 18.0 Å². The second-order valence-electron chi connectivity index (χ2n) is 6.22. The number of benzene rings is 1. The highest BCUT2D eigenvalue weighted by Gasteiger charge is 2.37. The van der Waals surface area contributed by atoms with E-state index in [1.807, 2.05) is 30.3 Å². The fourth-order valence-electron chi connectivity index (χ4n) is 2.97. The van der Waals surface area contributed by atoms with Gasteiger partial charge in [0.1, 0.15) is 18.7 Å². The van der Waals surface area contributed by atoms with E-state index in [4.69, 9.17) is 10.5 Å². The highest BCUT2D eigenvalue weighted by atomic mass is 16.5. The van der Waals surface area contributed by atoms with Gasteiger partial charge < -0.3 is 25.8 Å². The van der Waals surface area contributed by atoms with E-state index < -0.39 is 30.1 Å². The molecule has 2 atom stereocenters. The summed E-state index contributed by atoms with van der Waals surface area (Å²) in [4.78, 5) is 37.4. The van der Waals surface area contributed by atoms with Crippen molar-refractivity contribution in [1.29, 1.82) is 0 Å². The molecule has 0 aliphatic carbocycles. The van der Waals surface area contributed by atoms with Gasteiger partial charge in [0.15, 0.2) is 0 Å². The molecular weight excluding hydrogens is 338 g/mol. The van der Waals surface area contributed by atoms with Crippen molar-refractivity contribution in [3.63, 3.8) is 0 Å². The molecule has 0 radical (unpaired) electrons. The number of nitrogens with two attached hydrogens (primary N) is 1. The van der Waals surface area contributed by atoms with Crippen LogP contribution in [-0.2, 0) is 20.9 Å². The number of nitrogens with zero attached hydrogens (tertiary/aromatic N) is 1. The Kier molecular flexibility index (Phi) is 7.40. The zero-order valence-corrected chi connectivity index (χ0v) is 14.6. The molecule has 4 N–H and O–H groups in total. The van der Waals surface area contributed by atoms with E-state index in [1.54, 1.807) is 0 Å². The first kappa shape index (κ1) is 19.7. The van der Waals surface area contributed by atoms with Gasteiger partial charge in [-0.15, -0.1) is 0 Å². The summed E-state index contributed by atoms with van der Waals surface area (Å²) in [7, 11) is 0. The number of carbonyl (C=O) groups excluding carboxylic acids is 2. The molecule has 0 saturated carbocycles. The van der Waals surface area contributed by atoms with E-state index >= 15 is 0 Å². The standard InChI is InChI=1S/C18H25N3O5/c19-10-4-8-14(16(22)21-11-5-9-15(21)17(23)24)20-18(25)26-12-13-6-2-1-3-7-13/h1-3,6-7,14-15H,4-5,8-12,19H2,(H,20,25)(H,23,24). The summed E-state index contributed by atoms with van der Waals surface area (Å²) in [6.07, 6.45) is 1.20. The molecule has 1 heterocycles. The minimum Gasteiger partial charge on any atom is -0.480 e. The molecule has 8 heteroatoms. The molecule has 2 rings (SSSR count). The summed E-state index contributed by atoms with van der Waals surface area (Å²) in [5.41, 5.74) is 6.34. The zero-order chi connectivity index (χ0) is 18.9. The largest absolute Gasteiger partial charge is 0.480 e. The molecule has 2 amide bonds. The highest BCUT2D eigenvalue weighted by molar-refractivity contribution is 5.89. The number of hydrogen-bond donors (Lipinski definition) is 3. The quantitative estimate of drug-likeness (QED) is 0.636. The van der Waals surface area contributed by atoms with Crippen LogP contribution in [0.3, 0.4) is 0 Å². The van der Waals surface area contributed by atoms with Gasteiger partial charge in [-0.05, 0) is 37.8 Å². The number of alkyl carbamates (subject to hydrolysis) is 1. The van der Waals surface area contributed by atoms with E-state index in [0.29, 0.717) is 38.8 Å². The number of aliphatic carboxylic acids is 1. The smallest absolute Gasteiger partial charge is 0.408 e. The van der Waals surface area contributed by atoms with Crippen LogP contribution in [0.5, 0.6) is 0 Å². The van der Waals surface area contributed by atoms with Gasteiger partial charge in [-0.25, -0.2) is 9.59 Å². The van der Waals surface area contributed by atoms with Crippen molar-refractivity contribution in [3.8, 4) is 0 Å². The van der Waals surface area contributed by atoms with Crippen LogP contribution in [0.2, 0.25) is 0 Å². The lowest BCUT2D eigenvalue weighted by Gasteiger charge is -2.27. The van der Waals surface area contributed by atoms with Crippen LogP contribution in [0.4, 0.5) is 4.79 Å². The van der Waals surface area contributed by atoms with Crippen molar-refractivity contribution in [2.24, 2.45) is 5.73 Å². The van der Waals surface area contributed by atoms with Crippen LogP contribution < -0.4 is 11.1 Å². The Hall–Kier alpha value is -2.61.